The van der Waals surface area contributed by atoms with Gasteiger partial charge in [0.25, 0.3) is 5.91 Å². The summed E-state index contributed by atoms with van der Waals surface area (Å²) in [6, 6.07) is 8.26. The minimum atomic E-state index is -1.07. The lowest BCUT2D eigenvalue weighted by atomic mass is 9.93. The summed E-state index contributed by atoms with van der Waals surface area (Å²) in [5.41, 5.74) is 0.906. The highest BCUT2D eigenvalue weighted by Crippen LogP contribution is 2.33. The number of rotatable bonds is 4. The molecule has 1 heterocycles. The van der Waals surface area contributed by atoms with Crippen LogP contribution in [-0.2, 0) is 4.79 Å². The predicted molar refractivity (Wildman–Crippen MR) is 99.7 cm³/mol. The van der Waals surface area contributed by atoms with Crippen molar-refractivity contribution in [1.82, 2.24) is 10.2 Å². The number of allylic oxidation sites excluding steroid dienone is 1. The molecule has 0 aliphatic carbocycles. The van der Waals surface area contributed by atoms with Gasteiger partial charge in [0.15, 0.2) is 0 Å². The van der Waals surface area contributed by atoms with Crippen molar-refractivity contribution in [2.75, 3.05) is 19.5 Å². The topological polar surface area (TPSA) is 70.7 Å². The Morgan fingerprint density at radius 1 is 1.21 bits per heavy atom. The first kappa shape index (κ1) is 19.3. The molecule has 6 nitrogen and oxygen atoms in total. The Morgan fingerprint density at radius 2 is 1.93 bits per heavy atom. The van der Waals surface area contributed by atoms with E-state index in [1.54, 1.807) is 31.2 Å². The van der Waals surface area contributed by atoms with Crippen molar-refractivity contribution in [3.63, 3.8) is 0 Å². The Morgan fingerprint density at radius 3 is 2.61 bits per heavy atom. The van der Waals surface area contributed by atoms with E-state index in [1.165, 1.54) is 25.1 Å². The average molecular weight is 387 g/mol. The number of hydrogen-bond donors (Lipinski definition) is 2. The predicted octanol–water partition coefficient (Wildman–Crippen LogP) is 3.58. The summed E-state index contributed by atoms with van der Waals surface area (Å²) in [4.78, 5) is 26.5. The molecule has 2 aromatic rings. The van der Waals surface area contributed by atoms with Gasteiger partial charge in [0, 0.05) is 24.4 Å². The van der Waals surface area contributed by atoms with Gasteiger partial charge in [-0.05, 0) is 25.1 Å². The van der Waals surface area contributed by atoms with E-state index in [1.807, 2.05) is 0 Å². The molecule has 0 radical (unpaired) electrons. The number of carbonyl (C=O) groups excluding carboxylic acids is 2. The molecule has 3 rings (SSSR count). The minimum Gasteiger partial charge on any atom is -0.495 e. The molecule has 1 aliphatic rings. The molecule has 1 atom stereocenters. The molecular weight excluding hydrogens is 368 g/mol. The number of benzene rings is 2. The molecule has 0 unspecified atom stereocenters. The van der Waals surface area contributed by atoms with Gasteiger partial charge in [0.2, 0.25) is 0 Å². The van der Waals surface area contributed by atoms with E-state index in [4.69, 9.17) is 4.74 Å². The van der Waals surface area contributed by atoms with Gasteiger partial charge in [-0.1, -0.05) is 18.2 Å². The lowest BCUT2D eigenvalue weighted by Crippen LogP contribution is -2.47. The van der Waals surface area contributed by atoms with Crippen LogP contribution in [0.4, 0.5) is 19.3 Å². The molecule has 0 fully saturated rings. The number of para-hydroxylation sites is 2. The van der Waals surface area contributed by atoms with Crippen molar-refractivity contribution in [2.45, 2.75) is 13.0 Å². The number of halogens is 2. The van der Waals surface area contributed by atoms with E-state index in [9.17, 15) is 18.4 Å². The van der Waals surface area contributed by atoms with Gasteiger partial charge < -0.3 is 20.3 Å². The van der Waals surface area contributed by atoms with Crippen LogP contribution in [0.1, 0.15) is 18.5 Å². The number of nitrogens with one attached hydrogen (secondary N) is 2. The van der Waals surface area contributed by atoms with Gasteiger partial charge in [0.05, 0.1) is 24.4 Å². The summed E-state index contributed by atoms with van der Waals surface area (Å²) in [7, 11) is 2.97. The van der Waals surface area contributed by atoms with Crippen LogP contribution in [0.25, 0.3) is 0 Å². The Balaban J connectivity index is 2.05. The molecule has 0 spiro atoms. The van der Waals surface area contributed by atoms with Crippen molar-refractivity contribution in [2.24, 2.45) is 0 Å². The highest BCUT2D eigenvalue weighted by Gasteiger charge is 2.35. The summed E-state index contributed by atoms with van der Waals surface area (Å²) in [5.74, 6) is -1.69. The van der Waals surface area contributed by atoms with Crippen LogP contribution >= 0.6 is 0 Å². The van der Waals surface area contributed by atoms with Crippen LogP contribution in [0.3, 0.4) is 0 Å². The van der Waals surface area contributed by atoms with Gasteiger partial charge in [-0.25, -0.2) is 13.6 Å². The third-order valence-electron chi connectivity index (χ3n) is 4.63. The van der Waals surface area contributed by atoms with Crippen LogP contribution in [0.2, 0.25) is 0 Å². The third-order valence-corrected chi connectivity index (χ3v) is 4.63. The van der Waals surface area contributed by atoms with Gasteiger partial charge >= 0.3 is 6.03 Å². The van der Waals surface area contributed by atoms with Crippen molar-refractivity contribution in [1.29, 1.82) is 0 Å². The number of methoxy groups -OCH3 is 1. The molecule has 2 N–H and O–H groups in total. The van der Waals surface area contributed by atoms with Crippen LogP contribution in [-0.4, -0.2) is 31.0 Å². The van der Waals surface area contributed by atoms with E-state index >= 15 is 0 Å². The largest absolute Gasteiger partial charge is 0.495 e. The highest BCUT2D eigenvalue weighted by molar-refractivity contribution is 6.07. The van der Waals surface area contributed by atoms with E-state index in [0.29, 0.717) is 23.2 Å². The molecule has 146 valence electrons. The first-order chi connectivity index (χ1) is 13.3. The van der Waals surface area contributed by atoms with Gasteiger partial charge in [-0.3, -0.25) is 4.79 Å². The molecule has 0 saturated heterocycles. The van der Waals surface area contributed by atoms with Gasteiger partial charge in [-0.2, -0.15) is 0 Å². The quantitative estimate of drug-likeness (QED) is 0.842. The molecule has 3 amide bonds. The zero-order valence-corrected chi connectivity index (χ0v) is 15.5. The maximum absolute atomic E-state index is 14.4. The fraction of sp³-hybridized carbons (Fsp3) is 0.200. The maximum atomic E-state index is 14.4. The minimum absolute atomic E-state index is 0.00706. The smallest absolute Gasteiger partial charge is 0.322 e. The number of hydrogen-bond acceptors (Lipinski definition) is 3. The van der Waals surface area contributed by atoms with Crippen LogP contribution in [0.5, 0.6) is 5.75 Å². The second-order valence-corrected chi connectivity index (χ2v) is 6.26. The lowest BCUT2D eigenvalue weighted by Gasteiger charge is -2.33. The first-order valence-corrected chi connectivity index (χ1v) is 8.47. The molecule has 8 heteroatoms. The summed E-state index contributed by atoms with van der Waals surface area (Å²) < 4.78 is 32.9. The second-order valence-electron chi connectivity index (χ2n) is 6.26. The van der Waals surface area contributed by atoms with Gasteiger partial charge in [0.1, 0.15) is 17.4 Å². The normalized spacial score (nSPS) is 16.7. The Kier molecular flexibility index (Phi) is 5.30. The average Bonchev–Trinajstić information content (AvgIpc) is 2.66. The third kappa shape index (κ3) is 3.53. The monoisotopic (exact) mass is 387 g/mol. The van der Waals surface area contributed by atoms with Crippen LogP contribution < -0.4 is 15.4 Å². The second kappa shape index (κ2) is 7.67. The number of amides is 3. The standard InChI is InChI=1S/C20H19F2N3O3/c1-11-17(19(26)23-15-6-4-5-7-16(15)28-3)18(24-20(27)25(11)2)13-9-8-12(21)10-14(13)22/h4-10,18H,1-3H3,(H,23,26)(H,24,27)/t18-/m0/s1. The highest BCUT2D eigenvalue weighted by atomic mass is 19.1. The summed E-state index contributed by atoms with van der Waals surface area (Å²) >= 11 is 0. The maximum Gasteiger partial charge on any atom is 0.322 e. The zero-order valence-electron chi connectivity index (χ0n) is 15.5. The van der Waals surface area contributed by atoms with E-state index in [0.717, 1.165) is 6.07 Å². The SMILES string of the molecule is COc1ccccc1NC(=O)C1=C(C)N(C)C(=O)N[C@H]1c1ccc(F)cc1F. The van der Waals surface area contributed by atoms with Gasteiger partial charge in [-0.15, -0.1) is 0 Å². The van der Waals surface area contributed by atoms with Crippen molar-refractivity contribution in [3.05, 3.63) is 70.9 Å². The lowest BCUT2D eigenvalue weighted by molar-refractivity contribution is -0.113. The van der Waals surface area contributed by atoms with Crippen molar-refractivity contribution >= 4 is 17.6 Å². The molecule has 1 aliphatic heterocycles. The zero-order chi connectivity index (χ0) is 20.4. The van der Waals surface area contributed by atoms with Crippen LogP contribution in [0, 0.1) is 11.6 Å². The first-order valence-electron chi connectivity index (χ1n) is 8.47. The van der Waals surface area contributed by atoms with Crippen molar-refractivity contribution in [3.8, 4) is 5.75 Å². The fourth-order valence-electron chi connectivity index (χ4n) is 3.04. The van der Waals surface area contributed by atoms with E-state index in [2.05, 4.69) is 10.6 Å². The number of urea groups is 1. The summed E-state index contributed by atoms with van der Waals surface area (Å²) in [6.07, 6.45) is 0. The summed E-state index contributed by atoms with van der Waals surface area (Å²) in [5, 5.41) is 5.32. The number of ether oxygens (including phenoxy) is 1. The molecule has 0 bridgehead atoms. The van der Waals surface area contributed by atoms with Crippen LogP contribution in [0.15, 0.2) is 53.7 Å². The van der Waals surface area contributed by atoms with E-state index in [-0.39, 0.29) is 11.1 Å². The fourth-order valence-corrected chi connectivity index (χ4v) is 3.04. The molecule has 0 saturated carbocycles. The Hall–Kier alpha value is -3.42. The Bertz CT molecular complexity index is 975. The Labute approximate surface area is 160 Å². The molecular formula is C20H19F2N3O3. The number of anilines is 1. The summed E-state index contributed by atoms with van der Waals surface area (Å²) in [6.45, 7) is 1.59. The van der Waals surface area contributed by atoms with Crippen molar-refractivity contribution < 1.29 is 23.1 Å². The molecule has 2 aromatic carbocycles. The molecule has 0 aromatic heterocycles. The molecule has 28 heavy (non-hydrogen) atoms. The van der Waals surface area contributed by atoms with E-state index < -0.39 is 29.6 Å². The number of nitrogens with zero attached hydrogens (tertiary/aromatic N) is 1. The number of carbonyl (C=O) groups is 2.